The Kier molecular flexibility index (Phi) is 12.5. The molecule has 1 heterocycles. The lowest BCUT2D eigenvalue weighted by Gasteiger charge is -2.42. The molecular weight excluding hydrogens is 695 g/mol. The zero-order valence-electron chi connectivity index (χ0n) is 28.8. The first-order valence-corrected chi connectivity index (χ1v) is 18.4. The highest BCUT2D eigenvalue weighted by atomic mass is 35.5. The molecule has 0 unspecified atom stereocenters. The van der Waals surface area contributed by atoms with Crippen molar-refractivity contribution in [2.75, 3.05) is 26.2 Å². The third-order valence-electron chi connectivity index (χ3n) is 9.42. The van der Waals surface area contributed by atoms with E-state index in [1.807, 2.05) is 47.4 Å². The summed E-state index contributed by atoms with van der Waals surface area (Å²) < 4.78 is 5.88. The van der Waals surface area contributed by atoms with Crippen LogP contribution in [0.5, 0.6) is 11.5 Å². The molecule has 0 spiro atoms. The quantitative estimate of drug-likeness (QED) is 0.114. The summed E-state index contributed by atoms with van der Waals surface area (Å²) in [5.41, 5.74) is 7.97. The van der Waals surface area contributed by atoms with Crippen molar-refractivity contribution in [1.82, 2.24) is 15.1 Å². The number of halogens is 2. The van der Waals surface area contributed by atoms with E-state index in [1.54, 1.807) is 47.4 Å². The summed E-state index contributed by atoms with van der Waals surface area (Å²) in [4.78, 5) is 45.8. The molecule has 8 nitrogen and oxygen atoms in total. The molecule has 3 N–H and O–H groups in total. The molecule has 0 saturated carbocycles. The van der Waals surface area contributed by atoms with E-state index >= 15 is 0 Å². The Morgan fingerprint density at radius 1 is 0.827 bits per heavy atom. The number of unbranched alkanes of at least 4 members (excludes halogenated alkanes) is 1. The first-order valence-electron chi connectivity index (χ1n) is 17.6. The SMILES string of the molecule is NCCCC[C@H]1C(=O)N(CCc2ccc3ccccc3c2)CCN1C(=O)[C@@H](Cc1ccc(Cl)cc1Cl)NC(=O)c1ccc(Oc2ccccc2)cc1. The van der Waals surface area contributed by atoms with Crippen molar-refractivity contribution in [1.29, 1.82) is 0 Å². The van der Waals surface area contributed by atoms with Crippen molar-refractivity contribution in [3.8, 4) is 11.5 Å². The van der Waals surface area contributed by atoms with E-state index in [-0.39, 0.29) is 18.2 Å². The highest BCUT2D eigenvalue weighted by molar-refractivity contribution is 6.35. The Labute approximate surface area is 314 Å². The second kappa shape index (κ2) is 17.6. The number of hydrogen-bond donors (Lipinski definition) is 2. The van der Waals surface area contributed by atoms with Gasteiger partial charge in [-0.05, 0) is 103 Å². The Bertz CT molecular complexity index is 2010. The van der Waals surface area contributed by atoms with E-state index in [0.717, 1.165) is 17.4 Å². The lowest BCUT2D eigenvalue weighted by atomic mass is 9.99. The third-order valence-corrected chi connectivity index (χ3v) is 10.0. The van der Waals surface area contributed by atoms with Gasteiger partial charge in [0.2, 0.25) is 11.8 Å². The Hall–Kier alpha value is -4.89. The summed E-state index contributed by atoms with van der Waals surface area (Å²) in [7, 11) is 0. The summed E-state index contributed by atoms with van der Waals surface area (Å²) in [5, 5.41) is 6.13. The van der Waals surface area contributed by atoms with E-state index in [9.17, 15) is 14.4 Å². The van der Waals surface area contributed by atoms with Crippen LogP contribution in [0, 0.1) is 0 Å². The summed E-state index contributed by atoms with van der Waals surface area (Å²) >= 11 is 12.7. The Balaban J connectivity index is 1.20. The maximum atomic E-state index is 14.5. The number of fused-ring (bicyclic) bond motifs is 1. The molecule has 268 valence electrons. The van der Waals surface area contributed by atoms with Gasteiger partial charge in [0.05, 0.1) is 0 Å². The van der Waals surface area contributed by atoms with Gasteiger partial charge < -0.3 is 25.6 Å². The number of nitrogens with one attached hydrogen (secondary N) is 1. The highest BCUT2D eigenvalue weighted by Crippen LogP contribution is 2.26. The number of para-hydroxylation sites is 1. The van der Waals surface area contributed by atoms with Crippen LogP contribution in [0.1, 0.15) is 40.7 Å². The number of carbonyl (C=O) groups excluding carboxylic acids is 3. The van der Waals surface area contributed by atoms with Crippen LogP contribution < -0.4 is 15.8 Å². The number of piperazine rings is 1. The number of nitrogens with zero attached hydrogens (tertiary/aromatic N) is 2. The van der Waals surface area contributed by atoms with Gasteiger partial charge in [-0.3, -0.25) is 14.4 Å². The number of ether oxygens (including phenoxy) is 1. The Morgan fingerprint density at radius 3 is 2.31 bits per heavy atom. The molecule has 2 atom stereocenters. The second-order valence-electron chi connectivity index (χ2n) is 13.0. The first kappa shape index (κ1) is 36.9. The van der Waals surface area contributed by atoms with Crippen molar-refractivity contribution in [2.24, 2.45) is 5.73 Å². The molecule has 1 aliphatic rings. The lowest BCUT2D eigenvalue weighted by molar-refractivity contribution is -0.152. The van der Waals surface area contributed by atoms with Gasteiger partial charge >= 0.3 is 0 Å². The van der Waals surface area contributed by atoms with Crippen LogP contribution in [0.4, 0.5) is 0 Å². The number of carbonyl (C=O) groups is 3. The monoisotopic (exact) mass is 736 g/mol. The van der Waals surface area contributed by atoms with Crippen molar-refractivity contribution in [3.05, 3.63) is 142 Å². The van der Waals surface area contributed by atoms with Gasteiger partial charge in [0.15, 0.2) is 0 Å². The number of rotatable bonds is 14. The average Bonchev–Trinajstić information content (AvgIpc) is 3.16. The van der Waals surface area contributed by atoms with Gasteiger partial charge in [0.25, 0.3) is 5.91 Å². The molecule has 1 saturated heterocycles. The van der Waals surface area contributed by atoms with E-state index in [4.69, 9.17) is 33.7 Å². The predicted octanol–water partition coefficient (Wildman–Crippen LogP) is 7.69. The predicted molar refractivity (Wildman–Crippen MR) is 207 cm³/mol. The standard InChI is InChI=1S/C42H42Cl2N4O4/c43-34-18-15-33(37(44)28-34)27-38(46-40(49)31-16-19-36(20-17-31)52-35-10-2-1-3-11-35)41(50)48-25-24-47(42(51)39(48)12-6-7-22-45)23-21-29-13-14-30-8-4-5-9-32(30)26-29/h1-5,8-11,13-20,26,28,38-39H,6-7,12,21-25,27,45H2,(H,46,49)/t38-,39+/m1/s1. The molecule has 1 aliphatic heterocycles. The summed E-state index contributed by atoms with van der Waals surface area (Å²) in [6, 6.07) is 34.0. The van der Waals surface area contributed by atoms with Crippen LogP contribution >= 0.6 is 23.2 Å². The molecule has 6 rings (SSSR count). The zero-order chi connectivity index (χ0) is 36.5. The molecule has 5 aromatic rings. The fraction of sp³-hybridized carbons (Fsp3) is 0.262. The van der Waals surface area contributed by atoms with E-state index < -0.39 is 18.0 Å². The minimum atomic E-state index is -1.000. The summed E-state index contributed by atoms with van der Waals surface area (Å²) in [6.45, 7) is 1.75. The smallest absolute Gasteiger partial charge is 0.251 e. The van der Waals surface area contributed by atoms with Crippen LogP contribution in [0.3, 0.4) is 0 Å². The van der Waals surface area contributed by atoms with Gasteiger partial charge in [-0.15, -0.1) is 0 Å². The molecule has 0 aliphatic carbocycles. The molecule has 10 heteroatoms. The van der Waals surface area contributed by atoms with Crippen molar-refractivity contribution < 1.29 is 19.1 Å². The molecule has 0 bridgehead atoms. The highest BCUT2D eigenvalue weighted by Gasteiger charge is 2.39. The van der Waals surface area contributed by atoms with Crippen LogP contribution in [0.15, 0.2) is 115 Å². The fourth-order valence-electron chi connectivity index (χ4n) is 6.59. The normalized spacial score (nSPS) is 15.1. The maximum absolute atomic E-state index is 14.5. The minimum Gasteiger partial charge on any atom is -0.457 e. The van der Waals surface area contributed by atoms with Crippen LogP contribution in [-0.2, 0) is 22.4 Å². The van der Waals surface area contributed by atoms with Gasteiger partial charge in [0, 0.05) is 41.7 Å². The first-order chi connectivity index (χ1) is 25.3. The van der Waals surface area contributed by atoms with Crippen molar-refractivity contribution in [2.45, 2.75) is 44.2 Å². The molecule has 3 amide bonds. The summed E-state index contributed by atoms with van der Waals surface area (Å²) in [6.07, 6.45) is 2.70. The van der Waals surface area contributed by atoms with E-state index in [0.29, 0.717) is 78.1 Å². The molecule has 1 fully saturated rings. The van der Waals surface area contributed by atoms with Crippen molar-refractivity contribution >= 4 is 51.7 Å². The zero-order valence-corrected chi connectivity index (χ0v) is 30.4. The van der Waals surface area contributed by atoms with E-state index in [1.165, 1.54) is 5.39 Å². The lowest BCUT2D eigenvalue weighted by Crippen LogP contribution is -2.62. The number of benzene rings is 5. The summed E-state index contributed by atoms with van der Waals surface area (Å²) in [5.74, 6) is 0.370. The molecule has 0 aromatic heterocycles. The Morgan fingerprint density at radius 2 is 1.56 bits per heavy atom. The molecular formula is C42H42Cl2N4O4. The number of nitrogens with two attached hydrogens (primary N) is 1. The van der Waals surface area contributed by atoms with Crippen LogP contribution in [-0.4, -0.2) is 65.8 Å². The van der Waals surface area contributed by atoms with E-state index in [2.05, 4.69) is 35.6 Å². The largest absolute Gasteiger partial charge is 0.457 e. The second-order valence-corrected chi connectivity index (χ2v) is 13.8. The van der Waals surface area contributed by atoms with Gasteiger partial charge in [-0.25, -0.2) is 0 Å². The fourth-order valence-corrected chi connectivity index (χ4v) is 7.08. The van der Waals surface area contributed by atoms with Crippen molar-refractivity contribution in [3.63, 3.8) is 0 Å². The maximum Gasteiger partial charge on any atom is 0.251 e. The molecule has 0 radical (unpaired) electrons. The van der Waals surface area contributed by atoms with Crippen LogP contribution in [0.25, 0.3) is 10.8 Å². The molecule has 5 aromatic carbocycles. The minimum absolute atomic E-state index is 0.0963. The van der Waals surface area contributed by atoms with Crippen LogP contribution in [0.2, 0.25) is 10.0 Å². The van der Waals surface area contributed by atoms with Gasteiger partial charge in [-0.2, -0.15) is 0 Å². The average molecular weight is 738 g/mol. The number of amides is 3. The number of hydrogen-bond acceptors (Lipinski definition) is 5. The van der Waals surface area contributed by atoms with Gasteiger partial charge in [0.1, 0.15) is 23.6 Å². The van der Waals surface area contributed by atoms with Gasteiger partial charge in [-0.1, -0.05) is 89.9 Å². The topological polar surface area (TPSA) is 105 Å². The molecule has 52 heavy (non-hydrogen) atoms. The third kappa shape index (κ3) is 9.31.